The summed E-state index contributed by atoms with van der Waals surface area (Å²) in [7, 11) is 0. The highest BCUT2D eigenvalue weighted by atomic mass is 35.5. The number of benzene rings is 1. The lowest BCUT2D eigenvalue weighted by molar-refractivity contribution is 0.409. The van der Waals surface area contributed by atoms with Gasteiger partial charge in [-0.1, -0.05) is 51.6 Å². The van der Waals surface area contributed by atoms with Crippen molar-refractivity contribution in [1.29, 1.82) is 0 Å². The Hall–Kier alpha value is -0.790. The summed E-state index contributed by atoms with van der Waals surface area (Å²) >= 11 is 0. The molecule has 0 radical (unpaired) electrons. The Balaban J connectivity index is 0.00000256. The van der Waals surface area contributed by atoms with E-state index < -0.39 is 0 Å². The van der Waals surface area contributed by atoms with Gasteiger partial charge in [-0.05, 0) is 36.0 Å². The minimum absolute atomic E-state index is 0. The maximum Gasteiger partial charge on any atom is 0.0407 e. The highest BCUT2D eigenvalue weighted by Gasteiger charge is 2.24. The predicted molar refractivity (Wildman–Crippen MR) is 79.6 cm³/mol. The molecule has 0 spiro atoms. The first-order valence-electron chi connectivity index (χ1n) is 6.16. The lowest BCUT2D eigenvalue weighted by atomic mass is 9.82. The Kier molecular flexibility index (Phi) is 6.51. The van der Waals surface area contributed by atoms with E-state index in [0.29, 0.717) is 0 Å². The zero-order chi connectivity index (χ0) is 12.2. The summed E-state index contributed by atoms with van der Waals surface area (Å²) in [4.78, 5) is 0. The fourth-order valence-electron chi connectivity index (χ4n) is 2.15. The van der Waals surface area contributed by atoms with Crippen molar-refractivity contribution in [2.45, 2.75) is 45.6 Å². The van der Waals surface area contributed by atoms with Gasteiger partial charge >= 0.3 is 0 Å². The molecule has 1 rings (SSSR count). The van der Waals surface area contributed by atoms with Crippen molar-refractivity contribution in [3.63, 3.8) is 0 Å². The van der Waals surface area contributed by atoms with E-state index in [9.17, 15) is 0 Å². The van der Waals surface area contributed by atoms with Crippen LogP contribution in [-0.2, 0) is 12.0 Å². The van der Waals surface area contributed by atoms with E-state index in [1.165, 1.54) is 16.7 Å². The largest absolute Gasteiger partial charge is 0.321 e. The van der Waals surface area contributed by atoms with Gasteiger partial charge in [0.25, 0.3) is 0 Å². The first-order valence-corrected chi connectivity index (χ1v) is 6.16. The maximum atomic E-state index is 6.46. The van der Waals surface area contributed by atoms with E-state index in [-0.39, 0.29) is 17.9 Å². The van der Waals surface area contributed by atoms with E-state index >= 15 is 0 Å². The summed E-state index contributed by atoms with van der Waals surface area (Å²) in [6.07, 6.45) is 4.86. The molecule has 0 aromatic heterocycles. The van der Waals surface area contributed by atoms with Crippen molar-refractivity contribution < 1.29 is 0 Å². The van der Waals surface area contributed by atoms with Gasteiger partial charge in [-0.15, -0.1) is 12.4 Å². The van der Waals surface area contributed by atoms with Crippen LogP contribution in [0.1, 0.15) is 50.3 Å². The predicted octanol–water partition coefficient (Wildman–Crippen LogP) is 4.29. The van der Waals surface area contributed by atoms with E-state index in [2.05, 4.69) is 45.5 Å². The van der Waals surface area contributed by atoms with Crippen LogP contribution in [0, 0.1) is 0 Å². The standard InChI is InChI=1S/C15H23N.ClH/c1-5-12-9-10-14(13(6-2)11-12)15(16,7-3)8-4;/h5,9-11H,1,6-8,16H2,2-4H3;1H. The van der Waals surface area contributed by atoms with Gasteiger partial charge in [0.1, 0.15) is 0 Å². The molecule has 17 heavy (non-hydrogen) atoms. The third-order valence-corrected chi connectivity index (χ3v) is 3.54. The van der Waals surface area contributed by atoms with Crippen LogP contribution in [-0.4, -0.2) is 0 Å². The molecule has 1 nitrogen and oxygen atoms in total. The monoisotopic (exact) mass is 253 g/mol. The average molecular weight is 254 g/mol. The molecule has 0 atom stereocenters. The second-order valence-electron chi connectivity index (χ2n) is 4.34. The summed E-state index contributed by atoms with van der Waals surface area (Å²) in [5, 5.41) is 0. The number of nitrogens with two attached hydrogens (primary N) is 1. The van der Waals surface area contributed by atoms with Gasteiger partial charge in [-0.25, -0.2) is 0 Å². The van der Waals surface area contributed by atoms with Crippen molar-refractivity contribution in [3.05, 3.63) is 41.5 Å². The number of halogens is 1. The Bertz CT molecular complexity index is 367. The summed E-state index contributed by atoms with van der Waals surface area (Å²) in [6, 6.07) is 6.48. The average Bonchev–Trinajstić information content (AvgIpc) is 2.37. The van der Waals surface area contributed by atoms with Crippen LogP contribution in [0.5, 0.6) is 0 Å². The normalized spacial score (nSPS) is 10.8. The second-order valence-corrected chi connectivity index (χ2v) is 4.34. The van der Waals surface area contributed by atoms with Crippen LogP contribution in [0.15, 0.2) is 24.8 Å². The highest BCUT2D eigenvalue weighted by molar-refractivity contribution is 5.85. The van der Waals surface area contributed by atoms with Crippen molar-refractivity contribution in [3.8, 4) is 0 Å². The van der Waals surface area contributed by atoms with E-state index in [1.807, 2.05) is 6.08 Å². The van der Waals surface area contributed by atoms with Gasteiger partial charge in [-0.3, -0.25) is 0 Å². The molecule has 0 aliphatic heterocycles. The molecule has 0 fully saturated rings. The van der Waals surface area contributed by atoms with Crippen LogP contribution in [0.3, 0.4) is 0 Å². The molecule has 1 aromatic rings. The molecule has 0 bridgehead atoms. The van der Waals surface area contributed by atoms with Crippen molar-refractivity contribution in [2.75, 3.05) is 0 Å². The summed E-state index contributed by atoms with van der Waals surface area (Å²) in [6.45, 7) is 10.3. The van der Waals surface area contributed by atoms with Gasteiger partial charge in [0.05, 0.1) is 0 Å². The van der Waals surface area contributed by atoms with E-state index in [1.54, 1.807) is 0 Å². The number of rotatable bonds is 5. The lowest BCUT2D eigenvalue weighted by Crippen LogP contribution is -2.36. The minimum Gasteiger partial charge on any atom is -0.321 e. The molecular formula is C15H24ClN. The maximum absolute atomic E-state index is 6.46. The highest BCUT2D eigenvalue weighted by Crippen LogP contribution is 2.29. The molecule has 0 aliphatic rings. The lowest BCUT2D eigenvalue weighted by Gasteiger charge is -2.30. The Morgan fingerprint density at radius 3 is 2.24 bits per heavy atom. The number of hydrogen-bond donors (Lipinski definition) is 1. The molecule has 0 heterocycles. The van der Waals surface area contributed by atoms with Crippen LogP contribution in [0.2, 0.25) is 0 Å². The molecule has 2 N–H and O–H groups in total. The van der Waals surface area contributed by atoms with Crippen LogP contribution in [0.25, 0.3) is 6.08 Å². The molecule has 0 saturated carbocycles. The van der Waals surface area contributed by atoms with E-state index in [0.717, 1.165) is 19.3 Å². The quantitative estimate of drug-likeness (QED) is 0.833. The van der Waals surface area contributed by atoms with Crippen molar-refractivity contribution >= 4 is 18.5 Å². The first-order chi connectivity index (χ1) is 7.61. The fraction of sp³-hybridized carbons (Fsp3) is 0.467. The van der Waals surface area contributed by atoms with Gasteiger partial charge in [-0.2, -0.15) is 0 Å². The van der Waals surface area contributed by atoms with Gasteiger partial charge < -0.3 is 5.73 Å². The van der Waals surface area contributed by atoms with E-state index in [4.69, 9.17) is 5.73 Å². The number of aryl methyl sites for hydroxylation is 1. The van der Waals surface area contributed by atoms with Crippen LogP contribution < -0.4 is 5.73 Å². The zero-order valence-corrected chi connectivity index (χ0v) is 11.9. The summed E-state index contributed by atoms with van der Waals surface area (Å²) in [5.41, 5.74) is 10.1. The molecule has 0 unspecified atom stereocenters. The summed E-state index contributed by atoms with van der Waals surface area (Å²) < 4.78 is 0. The molecule has 0 saturated heterocycles. The zero-order valence-electron chi connectivity index (χ0n) is 11.1. The number of hydrogen-bond acceptors (Lipinski definition) is 1. The molecule has 0 amide bonds. The molecule has 96 valence electrons. The third-order valence-electron chi connectivity index (χ3n) is 3.54. The Morgan fingerprint density at radius 1 is 1.24 bits per heavy atom. The first kappa shape index (κ1) is 16.2. The SMILES string of the molecule is C=Cc1ccc(C(N)(CC)CC)c(CC)c1.Cl. The van der Waals surface area contributed by atoms with Crippen molar-refractivity contribution in [1.82, 2.24) is 0 Å². The van der Waals surface area contributed by atoms with Gasteiger partial charge in [0, 0.05) is 5.54 Å². The Labute approximate surface area is 112 Å². The molecule has 1 aromatic carbocycles. The minimum atomic E-state index is -0.176. The second kappa shape index (κ2) is 6.83. The molecule has 2 heteroatoms. The van der Waals surface area contributed by atoms with Crippen LogP contribution in [0.4, 0.5) is 0 Å². The Morgan fingerprint density at radius 2 is 1.82 bits per heavy atom. The smallest absolute Gasteiger partial charge is 0.0407 e. The topological polar surface area (TPSA) is 26.0 Å². The molecular weight excluding hydrogens is 230 g/mol. The van der Waals surface area contributed by atoms with Gasteiger partial charge in [0.15, 0.2) is 0 Å². The fourth-order valence-corrected chi connectivity index (χ4v) is 2.15. The third kappa shape index (κ3) is 3.34. The molecule has 0 aliphatic carbocycles. The summed E-state index contributed by atoms with van der Waals surface area (Å²) in [5.74, 6) is 0. The van der Waals surface area contributed by atoms with Gasteiger partial charge in [0.2, 0.25) is 0 Å². The van der Waals surface area contributed by atoms with Crippen LogP contribution >= 0.6 is 12.4 Å². The van der Waals surface area contributed by atoms with Crippen molar-refractivity contribution in [2.24, 2.45) is 5.73 Å².